The number of carbonyl (C=O) groups is 4. The molecule has 1 atom stereocenters. The van der Waals surface area contributed by atoms with Crippen LogP contribution >= 0.6 is 11.3 Å². The molecule has 2 aliphatic heterocycles. The van der Waals surface area contributed by atoms with Crippen molar-refractivity contribution >= 4 is 45.4 Å². The standard InChI is InChI=1S/C21H15N3O4S/c25-10-13-8-15-17(29-13)5-6-22-19(15)11-1-2-14-12(7-11)9-24(21(14)28)16-3-4-18(26)23-20(16)27/h1-2,5-8,10,16H,3-4,9H2,(H,23,26,27). The lowest BCUT2D eigenvalue weighted by molar-refractivity contribution is -0.136. The van der Waals surface area contributed by atoms with Crippen molar-refractivity contribution in [2.45, 2.75) is 25.4 Å². The van der Waals surface area contributed by atoms with Gasteiger partial charge in [-0.1, -0.05) is 6.07 Å². The predicted octanol–water partition coefficient (Wildman–Crippen LogP) is 2.54. The van der Waals surface area contributed by atoms with Gasteiger partial charge >= 0.3 is 0 Å². The molecule has 8 heteroatoms. The van der Waals surface area contributed by atoms with E-state index >= 15 is 0 Å². The van der Waals surface area contributed by atoms with Crippen LogP contribution in [0.5, 0.6) is 0 Å². The molecule has 4 heterocycles. The molecule has 1 N–H and O–H groups in total. The molecule has 0 radical (unpaired) electrons. The Hall–Kier alpha value is -3.39. The predicted molar refractivity (Wildman–Crippen MR) is 106 cm³/mol. The van der Waals surface area contributed by atoms with Gasteiger partial charge in [-0.15, -0.1) is 11.3 Å². The number of rotatable bonds is 3. The Balaban J connectivity index is 1.51. The molecule has 1 unspecified atom stereocenters. The van der Waals surface area contributed by atoms with E-state index in [4.69, 9.17) is 0 Å². The van der Waals surface area contributed by atoms with E-state index in [1.807, 2.05) is 24.3 Å². The van der Waals surface area contributed by atoms with Gasteiger partial charge in [0.15, 0.2) is 6.29 Å². The fourth-order valence-electron chi connectivity index (χ4n) is 3.99. The lowest BCUT2D eigenvalue weighted by atomic mass is 10.0. The third-order valence-corrected chi connectivity index (χ3v) is 6.40. The summed E-state index contributed by atoms with van der Waals surface area (Å²) in [5.41, 5.74) is 2.98. The smallest absolute Gasteiger partial charge is 0.255 e. The third kappa shape index (κ3) is 2.84. The Morgan fingerprint density at radius 2 is 2.03 bits per heavy atom. The Morgan fingerprint density at radius 1 is 1.17 bits per heavy atom. The van der Waals surface area contributed by atoms with Gasteiger partial charge in [-0.25, -0.2) is 0 Å². The van der Waals surface area contributed by atoms with Gasteiger partial charge in [0.05, 0.1) is 10.6 Å². The third-order valence-electron chi connectivity index (χ3n) is 5.38. The molecular formula is C21H15N3O4S. The molecule has 0 aliphatic carbocycles. The molecule has 29 heavy (non-hydrogen) atoms. The van der Waals surface area contributed by atoms with E-state index in [0.717, 1.165) is 33.2 Å². The summed E-state index contributed by atoms with van der Waals surface area (Å²) in [7, 11) is 0. The van der Waals surface area contributed by atoms with Crippen molar-refractivity contribution in [1.82, 2.24) is 15.2 Å². The topological polar surface area (TPSA) is 96.4 Å². The number of piperidine rings is 1. The Labute approximate surface area is 169 Å². The number of hydrogen-bond donors (Lipinski definition) is 1. The second kappa shape index (κ2) is 6.59. The molecule has 2 aromatic heterocycles. The van der Waals surface area contributed by atoms with Gasteiger partial charge in [0.1, 0.15) is 6.04 Å². The molecule has 1 saturated heterocycles. The summed E-state index contributed by atoms with van der Waals surface area (Å²) in [6, 6.07) is 8.57. The molecule has 0 bridgehead atoms. The largest absolute Gasteiger partial charge is 0.322 e. The zero-order chi connectivity index (χ0) is 20.1. The number of thiophene rings is 1. The molecule has 1 aromatic carbocycles. The molecule has 1 fully saturated rings. The van der Waals surface area contributed by atoms with Crippen LogP contribution in [0.2, 0.25) is 0 Å². The zero-order valence-electron chi connectivity index (χ0n) is 15.2. The van der Waals surface area contributed by atoms with Gasteiger partial charge in [-0.2, -0.15) is 0 Å². The number of pyridine rings is 1. The van der Waals surface area contributed by atoms with Crippen LogP contribution in [0.25, 0.3) is 21.3 Å². The highest BCUT2D eigenvalue weighted by Gasteiger charge is 2.39. The molecule has 0 spiro atoms. The quantitative estimate of drug-likeness (QED) is 0.534. The second-order valence-corrected chi connectivity index (χ2v) is 8.23. The van der Waals surface area contributed by atoms with Crippen molar-refractivity contribution in [3.8, 4) is 11.3 Å². The van der Waals surface area contributed by atoms with Crippen LogP contribution in [-0.4, -0.2) is 39.9 Å². The van der Waals surface area contributed by atoms with Gasteiger partial charge in [0, 0.05) is 40.4 Å². The number of benzene rings is 1. The van der Waals surface area contributed by atoms with Crippen LogP contribution in [0.4, 0.5) is 0 Å². The number of carbonyl (C=O) groups excluding carboxylic acids is 4. The number of imide groups is 1. The van der Waals surface area contributed by atoms with Crippen molar-refractivity contribution in [3.05, 3.63) is 52.5 Å². The number of amides is 3. The minimum absolute atomic E-state index is 0.203. The second-order valence-electron chi connectivity index (χ2n) is 7.11. The van der Waals surface area contributed by atoms with E-state index in [9.17, 15) is 19.2 Å². The first-order valence-electron chi connectivity index (χ1n) is 9.17. The summed E-state index contributed by atoms with van der Waals surface area (Å²) in [5, 5.41) is 3.20. The average Bonchev–Trinajstić information content (AvgIpc) is 3.28. The Kier molecular flexibility index (Phi) is 4.02. The van der Waals surface area contributed by atoms with Gasteiger partial charge in [0.25, 0.3) is 5.91 Å². The van der Waals surface area contributed by atoms with Gasteiger partial charge in [0.2, 0.25) is 11.8 Å². The van der Waals surface area contributed by atoms with Crippen molar-refractivity contribution in [2.24, 2.45) is 0 Å². The summed E-state index contributed by atoms with van der Waals surface area (Å²) in [4.78, 5) is 54.2. The Bertz CT molecular complexity index is 1220. The lowest BCUT2D eigenvalue weighted by Crippen LogP contribution is -2.52. The maximum atomic E-state index is 12.8. The summed E-state index contributed by atoms with van der Waals surface area (Å²) in [6.07, 6.45) is 3.09. The van der Waals surface area contributed by atoms with E-state index in [1.165, 1.54) is 16.2 Å². The number of nitrogens with zero attached hydrogens (tertiary/aromatic N) is 2. The van der Waals surface area contributed by atoms with Crippen LogP contribution < -0.4 is 5.32 Å². The van der Waals surface area contributed by atoms with Crippen LogP contribution in [0.3, 0.4) is 0 Å². The van der Waals surface area contributed by atoms with Crippen molar-refractivity contribution in [2.75, 3.05) is 0 Å². The number of nitrogens with one attached hydrogen (secondary N) is 1. The molecule has 144 valence electrons. The number of aromatic nitrogens is 1. The first-order valence-corrected chi connectivity index (χ1v) is 9.98. The van der Waals surface area contributed by atoms with Crippen molar-refractivity contribution in [3.63, 3.8) is 0 Å². The normalized spacial score (nSPS) is 18.8. The van der Waals surface area contributed by atoms with E-state index < -0.39 is 11.9 Å². The number of hydrogen-bond acceptors (Lipinski definition) is 6. The van der Waals surface area contributed by atoms with E-state index in [2.05, 4.69) is 10.3 Å². The van der Waals surface area contributed by atoms with E-state index in [-0.39, 0.29) is 18.2 Å². The number of aldehydes is 1. The maximum absolute atomic E-state index is 12.8. The minimum atomic E-state index is -0.635. The monoisotopic (exact) mass is 405 g/mol. The first-order chi connectivity index (χ1) is 14.0. The molecular weight excluding hydrogens is 390 g/mol. The highest BCUT2D eigenvalue weighted by molar-refractivity contribution is 7.20. The van der Waals surface area contributed by atoms with Crippen molar-refractivity contribution in [1.29, 1.82) is 0 Å². The molecule has 3 aromatic rings. The van der Waals surface area contributed by atoms with Crippen LogP contribution in [0.15, 0.2) is 36.5 Å². The summed E-state index contributed by atoms with van der Waals surface area (Å²) < 4.78 is 0.971. The average molecular weight is 405 g/mol. The molecule has 5 rings (SSSR count). The summed E-state index contributed by atoms with van der Waals surface area (Å²) in [6.45, 7) is 0.313. The fraction of sp³-hybridized carbons (Fsp3) is 0.190. The maximum Gasteiger partial charge on any atom is 0.255 e. The summed E-state index contributed by atoms with van der Waals surface area (Å²) >= 11 is 1.41. The Morgan fingerprint density at radius 3 is 2.83 bits per heavy atom. The van der Waals surface area contributed by atoms with Crippen LogP contribution in [0, 0.1) is 0 Å². The molecule has 2 aliphatic rings. The van der Waals surface area contributed by atoms with Gasteiger partial charge in [-0.05, 0) is 36.2 Å². The highest BCUT2D eigenvalue weighted by Crippen LogP contribution is 2.35. The van der Waals surface area contributed by atoms with E-state index in [1.54, 1.807) is 12.3 Å². The summed E-state index contributed by atoms with van der Waals surface area (Å²) in [5.74, 6) is -0.929. The fourth-order valence-corrected chi connectivity index (χ4v) is 4.87. The van der Waals surface area contributed by atoms with Crippen LogP contribution in [-0.2, 0) is 16.1 Å². The molecule has 3 amide bonds. The molecule has 0 saturated carbocycles. The van der Waals surface area contributed by atoms with Gasteiger partial charge in [-0.3, -0.25) is 29.5 Å². The zero-order valence-corrected chi connectivity index (χ0v) is 16.0. The van der Waals surface area contributed by atoms with E-state index in [0.29, 0.717) is 23.4 Å². The van der Waals surface area contributed by atoms with Crippen LogP contribution in [0.1, 0.15) is 38.4 Å². The van der Waals surface area contributed by atoms with Gasteiger partial charge < -0.3 is 4.90 Å². The SMILES string of the molecule is O=Cc1cc2c(-c3ccc4c(c3)CN(C3CCC(=O)NC3=O)C4=O)nccc2s1. The highest BCUT2D eigenvalue weighted by atomic mass is 32.1. The minimum Gasteiger partial charge on any atom is -0.322 e. The first kappa shape index (κ1) is 17.7. The number of fused-ring (bicyclic) bond motifs is 2. The van der Waals surface area contributed by atoms with Crippen molar-refractivity contribution < 1.29 is 19.2 Å². The lowest BCUT2D eigenvalue weighted by Gasteiger charge is -2.29. The molecule has 7 nitrogen and oxygen atoms in total.